The zero-order valence-corrected chi connectivity index (χ0v) is 11.9. The van der Waals surface area contributed by atoms with Gasteiger partial charge in [-0.2, -0.15) is 4.31 Å². The third-order valence-corrected chi connectivity index (χ3v) is 6.38. The number of nitrogens with zero attached hydrogens (tertiary/aromatic N) is 1. The second kappa shape index (κ2) is 5.20. The van der Waals surface area contributed by atoms with Crippen molar-refractivity contribution >= 4 is 20.0 Å². The Morgan fingerprint density at radius 2 is 1.74 bits per heavy atom. The van der Waals surface area contributed by atoms with Gasteiger partial charge in [-0.05, 0) is 25.0 Å². The number of piperidine rings is 1. The van der Waals surface area contributed by atoms with Crippen molar-refractivity contribution < 1.29 is 16.8 Å². The molecule has 1 fully saturated rings. The fraction of sp³-hybridized carbons (Fsp3) is 0.455. The molecule has 1 atom stereocenters. The molecule has 1 aromatic carbocycles. The maximum absolute atomic E-state index is 12.4. The summed E-state index contributed by atoms with van der Waals surface area (Å²) >= 11 is 0. The molecule has 0 aliphatic carbocycles. The number of sulfonamides is 2. The highest BCUT2D eigenvalue weighted by atomic mass is 32.2. The van der Waals surface area contributed by atoms with Gasteiger partial charge < -0.3 is 0 Å². The van der Waals surface area contributed by atoms with Crippen LogP contribution in [0.1, 0.15) is 12.8 Å². The van der Waals surface area contributed by atoms with Crippen LogP contribution in [0.15, 0.2) is 35.2 Å². The van der Waals surface area contributed by atoms with Crippen LogP contribution in [0.25, 0.3) is 0 Å². The molecule has 0 aromatic heterocycles. The number of primary sulfonamides is 1. The minimum absolute atomic E-state index is 0.0734. The van der Waals surface area contributed by atoms with Gasteiger partial charge in [0.2, 0.25) is 20.0 Å². The molecule has 6 nitrogen and oxygen atoms in total. The summed E-state index contributed by atoms with van der Waals surface area (Å²) < 4.78 is 48.6. The van der Waals surface area contributed by atoms with Crippen molar-refractivity contribution in [1.29, 1.82) is 0 Å². The molecule has 106 valence electrons. The van der Waals surface area contributed by atoms with E-state index in [1.54, 1.807) is 18.2 Å². The van der Waals surface area contributed by atoms with E-state index < -0.39 is 25.3 Å². The minimum atomic E-state index is -3.71. The Morgan fingerprint density at radius 1 is 1.11 bits per heavy atom. The van der Waals surface area contributed by atoms with Crippen LogP contribution in [0.2, 0.25) is 0 Å². The standard InChI is InChI=1S/C11H16N2O4S2/c12-18(14,15)11-7-4-8-13(9-11)19(16,17)10-5-2-1-3-6-10/h1-3,5-6,11H,4,7-9H2,(H2,12,14,15). The molecule has 0 amide bonds. The molecule has 0 spiro atoms. The van der Waals surface area contributed by atoms with Crippen molar-refractivity contribution in [3.8, 4) is 0 Å². The molecular weight excluding hydrogens is 288 g/mol. The lowest BCUT2D eigenvalue weighted by atomic mass is 10.2. The Hall–Kier alpha value is -0.960. The van der Waals surface area contributed by atoms with Crippen molar-refractivity contribution in [2.75, 3.05) is 13.1 Å². The summed E-state index contributed by atoms with van der Waals surface area (Å²) in [7, 11) is -7.35. The molecule has 0 bridgehead atoms. The van der Waals surface area contributed by atoms with Crippen LogP contribution in [0.3, 0.4) is 0 Å². The van der Waals surface area contributed by atoms with Crippen LogP contribution in [0.4, 0.5) is 0 Å². The van der Waals surface area contributed by atoms with Gasteiger partial charge in [-0.15, -0.1) is 0 Å². The van der Waals surface area contributed by atoms with Crippen LogP contribution in [0, 0.1) is 0 Å². The summed E-state index contributed by atoms with van der Waals surface area (Å²) in [5.41, 5.74) is 0. The SMILES string of the molecule is NS(=O)(=O)C1CCCN(S(=O)(=O)c2ccccc2)C1. The maximum Gasteiger partial charge on any atom is 0.243 e. The van der Waals surface area contributed by atoms with Gasteiger partial charge in [0.15, 0.2) is 0 Å². The topological polar surface area (TPSA) is 97.5 Å². The highest BCUT2D eigenvalue weighted by Gasteiger charge is 2.34. The molecule has 0 saturated carbocycles. The molecule has 1 unspecified atom stereocenters. The van der Waals surface area contributed by atoms with Gasteiger partial charge in [-0.3, -0.25) is 0 Å². The molecule has 0 radical (unpaired) electrons. The summed E-state index contributed by atoms with van der Waals surface area (Å²) in [6.07, 6.45) is 0.896. The molecule has 19 heavy (non-hydrogen) atoms. The van der Waals surface area contributed by atoms with Gasteiger partial charge in [-0.25, -0.2) is 22.0 Å². The number of benzene rings is 1. The molecule has 1 aliphatic rings. The maximum atomic E-state index is 12.4. The summed E-state index contributed by atoms with van der Waals surface area (Å²) in [5, 5.41) is 4.29. The fourth-order valence-corrected chi connectivity index (χ4v) is 4.66. The Balaban J connectivity index is 2.27. The molecule has 2 rings (SSSR count). The van der Waals surface area contributed by atoms with E-state index in [2.05, 4.69) is 0 Å². The first-order chi connectivity index (χ1) is 8.82. The Bertz CT molecular complexity index is 641. The lowest BCUT2D eigenvalue weighted by Gasteiger charge is -2.30. The van der Waals surface area contributed by atoms with Gasteiger partial charge in [0.25, 0.3) is 0 Å². The molecular formula is C11H16N2O4S2. The molecule has 8 heteroatoms. The molecule has 1 aliphatic heterocycles. The Labute approximate surface area is 113 Å². The quantitative estimate of drug-likeness (QED) is 0.858. The summed E-state index contributed by atoms with van der Waals surface area (Å²) in [4.78, 5) is 0.171. The largest absolute Gasteiger partial charge is 0.243 e. The van der Waals surface area contributed by atoms with E-state index in [1.165, 1.54) is 16.4 Å². The minimum Gasteiger partial charge on any atom is -0.228 e. The van der Waals surface area contributed by atoms with E-state index in [4.69, 9.17) is 5.14 Å². The second-order valence-electron chi connectivity index (χ2n) is 4.53. The van der Waals surface area contributed by atoms with Crippen LogP contribution in [-0.2, 0) is 20.0 Å². The van der Waals surface area contributed by atoms with Crippen LogP contribution in [0.5, 0.6) is 0 Å². The van der Waals surface area contributed by atoms with Gasteiger partial charge in [0, 0.05) is 13.1 Å². The van der Waals surface area contributed by atoms with E-state index in [9.17, 15) is 16.8 Å². The Kier molecular flexibility index (Phi) is 3.95. The van der Waals surface area contributed by atoms with Gasteiger partial charge in [-0.1, -0.05) is 18.2 Å². The average Bonchev–Trinajstić information content (AvgIpc) is 2.39. The van der Waals surface area contributed by atoms with Crippen molar-refractivity contribution in [3.05, 3.63) is 30.3 Å². The van der Waals surface area contributed by atoms with Crippen LogP contribution >= 0.6 is 0 Å². The third-order valence-electron chi connectivity index (χ3n) is 3.19. The zero-order valence-electron chi connectivity index (χ0n) is 10.3. The van der Waals surface area contributed by atoms with Gasteiger partial charge in [0.1, 0.15) is 0 Å². The predicted octanol–water partition coefficient (Wildman–Crippen LogP) is 0.128. The van der Waals surface area contributed by atoms with Crippen molar-refractivity contribution in [3.63, 3.8) is 0 Å². The van der Waals surface area contributed by atoms with Crippen molar-refractivity contribution in [2.45, 2.75) is 23.0 Å². The number of nitrogens with two attached hydrogens (primary N) is 1. The molecule has 1 aromatic rings. The summed E-state index contributed by atoms with van der Waals surface area (Å²) in [5.74, 6) is 0. The normalized spacial score (nSPS) is 22.3. The Morgan fingerprint density at radius 3 is 2.32 bits per heavy atom. The van der Waals surface area contributed by atoms with Crippen LogP contribution < -0.4 is 5.14 Å². The number of rotatable bonds is 3. The zero-order chi connectivity index (χ0) is 14.1. The van der Waals surface area contributed by atoms with E-state index in [0.29, 0.717) is 19.4 Å². The smallest absolute Gasteiger partial charge is 0.228 e. The van der Waals surface area contributed by atoms with E-state index >= 15 is 0 Å². The average molecular weight is 304 g/mol. The summed E-state index contributed by atoms with van der Waals surface area (Å²) in [6.45, 7) is 0.249. The first kappa shape index (κ1) is 14.4. The van der Waals surface area contributed by atoms with Crippen molar-refractivity contribution in [2.24, 2.45) is 5.14 Å². The third kappa shape index (κ3) is 3.14. The van der Waals surface area contributed by atoms with Gasteiger partial charge >= 0.3 is 0 Å². The van der Waals surface area contributed by atoms with Crippen LogP contribution in [-0.4, -0.2) is 39.5 Å². The van der Waals surface area contributed by atoms with Gasteiger partial charge in [0.05, 0.1) is 10.1 Å². The molecule has 2 N–H and O–H groups in total. The summed E-state index contributed by atoms with van der Waals surface area (Å²) in [6, 6.07) is 7.98. The van der Waals surface area contributed by atoms with E-state index in [1.807, 2.05) is 0 Å². The first-order valence-electron chi connectivity index (χ1n) is 5.88. The first-order valence-corrected chi connectivity index (χ1v) is 8.93. The lowest BCUT2D eigenvalue weighted by molar-refractivity contribution is 0.346. The van der Waals surface area contributed by atoms with Crippen molar-refractivity contribution in [1.82, 2.24) is 4.31 Å². The molecule has 1 heterocycles. The second-order valence-corrected chi connectivity index (χ2v) is 8.31. The fourth-order valence-electron chi connectivity index (χ4n) is 2.13. The number of hydrogen-bond donors (Lipinski definition) is 1. The highest BCUT2D eigenvalue weighted by Crippen LogP contribution is 2.22. The molecule has 1 saturated heterocycles. The lowest BCUT2D eigenvalue weighted by Crippen LogP contribution is -2.46. The number of hydrogen-bond acceptors (Lipinski definition) is 4. The highest BCUT2D eigenvalue weighted by molar-refractivity contribution is 7.90. The predicted molar refractivity (Wildman–Crippen MR) is 71.3 cm³/mol. The van der Waals surface area contributed by atoms with E-state index in [-0.39, 0.29) is 11.4 Å². The van der Waals surface area contributed by atoms with E-state index in [0.717, 1.165) is 0 Å². The monoisotopic (exact) mass is 304 g/mol.